The smallest absolute Gasteiger partial charge is 0.0541 e. The standard InChI is InChI=1S/C42H29N3/c1-2-3-14-29-28-43(38-20-9-4-15-33(29)38)30-25-31(44-39-21-10-5-16-34(39)35-17-6-11-22-40(35)44)27-32(26-30)45-41-23-12-7-18-36(41)37-19-8-13-24-42(37)45/h2-28H,1H2/b14-3-. The number of benzene rings is 6. The van der Waals surface area contributed by atoms with E-state index < -0.39 is 0 Å². The summed E-state index contributed by atoms with van der Waals surface area (Å²) in [4.78, 5) is 0. The topological polar surface area (TPSA) is 14.8 Å². The Kier molecular flexibility index (Phi) is 5.66. The predicted octanol–water partition coefficient (Wildman–Crippen LogP) is 11.0. The Balaban J connectivity index is 1.42. The van der Waals surface area contributed by atoms with Crippen LogP contribution in [0.3, 0.4) is 0 Å². The molecule has 6 aromatic carbocycles. The first kappa shape index (κ1) is 25.4. The van der Waals surface area contributed by atoms with Crippen LogP contribution in [0.15, 0.2) is 164 Å². The lowest BCUT2D eigenvalue weighted by atomic mass is 10.1. The maximum Gasteiger partial charge on any atom is 0.0541 e. The second-order valence-electron chi connectivity index (χ2n) is 11.5. The van der Waals surface area contributed by atoms with Gasteiger partial charge in [-0.1, -0.05) is 116 Å². The van der Waals surface area contributed by atoms with E-state index in [1.807, 2.05) is 12.2 Å². The van der Waals surface area contributed by atoms with Gasteiger partial charge in [-0.3, -0.25) is 0 Å². The summed E-state index contributed by atoms with van der Waals surface area (Å²) >= 11 is 0. The van der Waals surface area contributed by atoms with Crippen molar-refractivity contribution in [2.24, 2.45) is 0 Å². The molecule has 0 bridgehead atoms. The molecule has 0 saturated heterocycles. The van der Waals surface area contributed by atoms with E-state index in [0.717, 1.165) is 28.1 Å². The molecule has 0 amide bonds. The summed E-state index contributed by atoms with van der Waals surface area (Å²) in [5.41, 5.74) is 10.4. The minimum Gasteiger partial charge on any atom is -0.316 e. The normalized spacial score (nSPS) is 12.0. The Morgan fingerprint density at radius 3 is 1.24 bits per heavy atom. The quantitative estimate of drug-likeness (QED) is 0.181. The first-order chi connectivity index (χ1) is 22.3. The molecule has 9 aromatic rings. The summed E-state index contributed by atoms with van der Waals surface area (Å²) in [5.74, 6) is 0. The van der Waals surface area contributed by atoms with Crippen molar-refractivity contribution in [3.05, 3.63) is 170 Å². The first-order valence-corrected chi connectivity index (χ1v) is 15.3. The van der Waals surface area contributed by atoms with Crippen LogP contribution in [0, 0.1) is 0 Å². The minimum atomic E-state index is 1.10. The highest BCUT2D eigenvalue weighted by Crippen LogP contribution is 2.37. The molecule has 0 spiro atoms. The van der Waals surface area contributed by atoms with Crippen molar-refractivity contribution in [2.45, 2.75) is 0 Å². The van der Waals surface area contributed by atoms with E-state index in [0.29, 0.717) is 0 Å². The number of aromatic nitrogens is 3. The highest BCUT2D eigenvalue weighted by Gasteiger charge is 2.18. The monoisotopic (exact) mass is 575 g/mol. The Labute approximate surface area is 260 Å². The second kappa shape index (κ2) is 10.0. The molecule has 45 heavy (non-hydrogen) atoms. The number of hydrogen-bond donors (Lipinski definition) is 0. The van der Waals surface area contributed by atoms with Crippen molar-refractivity contribution >= 4 is 60.6 Å². The van der Waals surface area contributed by atoms with E-state index in [1.165, 1.54) is 49.0 Å². The SMILES string of the molecule is C=C/C=C\c1cn(-c2cc(-n3c4ccccc4c4ccccc43)cc(-n3c4ccccc4c4ccccc43)c2)c2ccccc12. The number of rotatable bonds is 5. The third kappa shape index (κ3) is 3.84. The molecule has 3 aromatic heterocycles. The van der Waals surface area contributed by atoms with Crippen LogP contribution >= 0.6 is 0 Å². The van der Waals surface area contributed by atoms with Crippen LogP contribution in [0.2, 0.25) is 0 Å². The van der Waals surface area contributed by atoms with Gasteiger partial charge < -0.3 is 13.7 Å². The zero-order valence-corrected chi connectivity index (χ0v) is 24.6. The lowest BCUT2D eigenvalue weighted by Gasteiger charge is -2.16. The average molecular weight is 576 g/mol. The van der Waals surface area contributed by atoms with E-state index in [-0.39, 0.29) is 0 Å². The predicted molar refractivity (Wildman–Crippen MR) is 191 cm³/mol. The van der Waals surface area contributed by atoms with Gasteiger partial charge in [0.15, 0.2) is 0 Å². The van der Waals surface area contributed by atoms with Gasteiger partial charge in [-0.05, 0) is 48.5 Å². The average Bonchev–Trinajstić information content (AvgIpc) is 3.75. The van der Waals surface area contributed by atoms with Crippen LogP contribution in [0.5, 0.6) is 0 Å². The molecular formula is C42H29N3. The molecule has 3 heterocycles. The third-order valence-corrected chi connectivity index (χ3v) is 9.00. The molecule has 0 aliphatic heterocycles. The molecule has 212 valence electrons. The Morgan fingerprint density at radius 1 is 0.422 bits per heavy atom. The van der Waals surface area contributed by atoms with Crippen LogP contribution in [-0.2, 0) is 0 Å². The van der Waals surface area contributed by atoms with Crippen molar-refractivity contribution in [3.8, 4) is 17.1 Å². The fraction of sp³-hybridized carbons (Fsp3) is 0. The van der Waals surface area contributed by atoms with E-state index >= 15 is 0 Å². The lowest BCUT2D eigenvalue weighted by Crippen LogP contribution is -2.02. The maximum atomic E-state index is 3.90. The summed E-state index contributed by atoms with van der Waals surface area (Å²) in [6, 6.07) is 50.5. The Morgan fingerprint density at radius 2 is 0.800 bits per heavy atom. The van der Waals surface area contributed by atoms with E-state index in [2.05, 4.69) is 172 Å². The lowest BCUT2D eigenvalue weighted by molar-refractivity contribution is 1.08. The zero-order valence-electron chi connectivity index (χ0n) is 24.6. The molecule has 0 fully saturated rings. The van der Waals surface area contributed by atoms with Crippen LogP contribution in [0.25, 0.3) is 77.7 Å². The fourth-order valence-corrected chi connectivity index (χ4v) is 7.10. The van der Waals surface area contributed by atoms with E-state index in [4.69, 9.17) is 0 Å². The van der Waals surface area contributed by atoms with Crippen molar-refractivity contribution in [2.75, 3.05) is 0 Å². The minimum absolute atomic E-state index is 1.10. The van der Waals surface area contributed by atoms with Gasteiger partial charge in [0.1, 0.15) is 0 Å². The van der Waals surface area contributed by atoms with Gasteiger partial charge in [-0.15, -0.1) is 0 Å². The van der Waals surface area contributed by atoms with Crippen molar-refractivity contribution < 1.29 is 0 Å². The molecule has 0 aliphatic rings. The molecule has 9 rings (SSSR count). The van der Waals surface area contributed by atoms with Gasteiger partial charge in [-0.25, -0.2) is 0 Å². The number of para-hydroxylation sites is 5. The fourth-order valence-electron chi connectivity index (χ4n) is 7.10. The van der Waals surface area contributed by atoms with Crippen molar-refractivity contribution in [3.63, 3.8) is 0 Å². The Bertz CT molecular complexity index is 2380. The summed E-state index contributed by atoms with van der Waals surface area (Å²) in [5, 5.41) is 6.21. The number of fused-ring (bicyclic) bond motifs is 7. The van der Waals surface area contributed by atoms with Gasteiger partial charge in [0, 0.05) is 44.4 Å². The molecule has 0 N–H and O–H groups in total. The zero-order chi connectivity index (χ0) is 29.9. The van der Waals surface area contributed by atoms with Gasteiger partial charge in [0.05, 0.1) is 39.0 Å². The summed E-state index contributed by atoms with van der Waals surface area (Å²) in [6.07, 6.45) is 8.21. The number of nitrogens with zero attached hydrogens (tertiary/aromatic N) is 3. The van der Waals surface area contributed by atoms with Crippen LogP contribution in [0.1, 0.15) is 5.56 Å². The van der Waals surface area contributed by atoms with Crippen molar-refractivity contribution in [1.29, 1.82) is 0 Å². The molecule has 0 radical (unpaired) electrons. The van der Waals surface area contributed by atoms with E-state index in [1.54, 1.807) is 0 Å². The van der Waals surface area contributed by atoms with Crippen LogP contribution < -0.4 is 0 Å². The first-order valence-electron chi connectivity index (χ1n) is 15.3. The number of hydrogen-bond acceptors (Lipinski definition) is 0. The summed E-state index contributed by atoms with van der Waals surface area (Å²) in [7, 11) is 0. The van der Waals surface area contributed by atoms with Crippen LogP contribution in [-0.4, -0.2) is 13.7 Å². The highest BCUT2D eigenvalue weighted by molar-refractivity contribution is 6.10. The maximum absolute atomic E-state index is 3.90. The van der Waals surface area contributed by atoms with Crippen molar-refractivity contribution in [1.82, 2.24) is 13.7 Å². The van der Waals surface area contributed by atoms with Crippen LogP contribution in [0.4, 0.5) is 0 Å². The van der Waals surface area contributed by atoms with E-state index in [9.17, 15) is 0 Å². The van der Waals surface area contributed by atoms with Gasteiger partial charge >= 0.3 is 0 Å². The molecule has 0 aliphatic carbocycles. The highest BCUT2D eigenvalue weighted by atomic mass is 15.0. The second-order valence-corrected chi connectivity index (χ2v) is 11.5. The molecule has 3 heteroatoms. The summed E-state index contributed by atoms with van der Waals surface area (Å²) in [6.45, 7) is 3.90. The number of allylic oxidation sites excluding steroid dienone is 2. The molecule has 3 nitrogen and oxygen atoms in total. The Hall–Kier alpha value is -6.06. The van der Waals surface area contributed by atoms with Gasteiger partial charge in [0.25, 0.3) is 0 Å². The van der Waals surface area contributed by atoms with Gasteiger partial charge in [0.2, 0.25) is 0 Å². The molecular weight excluding hydrogens is 546 g/mol. The summed E-state index contributed by atoms with van der Waals surface area (Å²) < 4.78 is 7.15. The third-order valence-electron chi connectivity index (χ3n) is 9.00. The molecule has 0 atom stereocenters. The largest absolute Gasteiger partial charge is 0.316 e. The van der Waals surface area contributed by atoms with Gasteiger partial charge in [-0.2, -0.15) is 0 Å². The molecule has 0 saturated carbocycles. The molecule has 0 unspecified atom stereocenters.